The van der Waals surface area contributed by atoms with Crippen molar-refractivity contribution < 1.29 is 0 Å². The van der Waals surface area contributed by atoms with Crippen LogP contribution in [0.3, 0.4) is 0 Å². The molecule has 0 saturated carbocycles. The number of aromatic nitrogens is 3. The molecule has 2 heterocycles. The van der Waals surface area contributed by atoms with Gasteiger partial charge in [0.25, 0.3) is 0 Å². The number of fused-ring (bicyclic) bond motifs is 10. The van der Waals surface area contributed by atoms with Crippen molar-refractivity contribution in [2.24, 2.45) is 0 Å². The van der Waals surface area contributed by atoms with E-state index in [1.165, 1.54) is 99.5 Å². The second-order valence-corrected chi connectivity index (χ2v) is 18.8. The molecule has 13 aromatic rings. The highest BCUT2D eigenvalue weighted by Gasteiger charge is 2.46. The topological polar surface area (TPSA) is 30.7 Å². The zero-order valence-corrected chi connectivity index (χ0v) is 38.0. The average molecular weight is 888 g/mol. The summed E-state index contributed by atoms with van der Waals surface area (Å²) >= 11 is 0. The lowest BCUT2D eigenvalue weighted by molar-refractivity contribution is 0.769. The first-order chi connectivity index (χ1) is 34.7. The Kier molecular flexibility index (Phi) is 8.28. The number of rotatable bonds is 6. The van der Waals surface area contributed by atoms with Crippen LogP contribution in [0.1, 0.15) is 22.3 Å². The van der Waals surface area contributed by atoms with Crippen LogP contribution in [0.15, 0.2) is 249 Å². The molecular formula is C67H41N3. The van der Waals surface area contributed by atoms with Crippen molar-refractivity contribution >= 4 is 43.5 Å². The summed E-state index contributed by atoms with van der Waals surface area (Å²) in [6, 6.07) is 91.4. The van der Waals surface area contributed by atoms with Crippen molar-refractivity contribution in [1.29, 1.82) is 0 Å². The number of para-hydroxylation sites is 1. The lowest BCUT2D eigenvalue weighted by Gasteiger charge is -2.34. The van der Waals surface area contributed by atoms with Crippen LogP contribution in [-0.4, -0.2) is 14.5 Å². The van der Waals surface area contributed by atoms with E-state index in [1.54, 1.807) is 0 Å². The number of hydrogen-bond acceptors (Lipinski definition) is 2. The maximum Gasteiger partial charge on any atom is 0.160 e. The minimum Gasteiger partial charge on any atom is -0.309 e. The minimum absolute atomic E-state index is 0.466. The van der Waals surface area contributed by atoms with Gasteiger partial charge in [-0.05, 0) is 138 Å². The Labute approximate surface area is 405 Å². The molecule has 0 N–H and O–H groups in total. The monoisotopic (exact) mass is 887 g/mol. The molecular weight excluding hydrogens is 847 g/mol. The molecule has 0 atom stereocenters. The minimum atomic E-state index is -0.466. The third-order valence-corrected chi connectivity index (χ3v) is 15.2. The van der Waals surface area contributed by atoms with Gasteiger partial charge in [-0.3, -0.25) is 0 Å². The molecule has 70 heavy (non-hydrogen) atoms. The number of hydrogen-bond donors (Lipinski definition) is 0. The fourth-order valence-electron chi connectivity index (χ4n) is 12.1. The van der Waals surface area contributed by atoms with E-state index < -0.39 is 5.41 Å². The molecule has 0 aliphatic heterocycles. The second-order valence-electron chi connectivity index (χ2n) is 18.8. The molecule has 0 saturated heterocycles. The Bertz CT molecular complexity index is 4240. The Morgan fingerprint density at radius 3 is 1.54 bits per heavy atom. The van der Waals surface area contributed by atoms with Gasteiger partial charge < -0.3 is 4.57 Å². The zero-order chi connectivity index (χ0) is 45.9. The summed E-state index contributed by atoms with van der Waals surface area (Å²) in [5.41, 5.74) is 22.1. The molecule has 2 aromatic heterocycles. The van der Waals surface area contributed by atoms with E-state index in [0.717, 1.165) is 39.1 Å². The third kappa shape index (κ3) is 5.57. The Hall–Kier alpha value is -9.18. The molecule has 0 spiro atoms. The van der Waals surface area contributed by atoms with Crippen LogP contribution in [0.5, 0.6) is 0 Å². The standard InChI is InChI=1S/C67H41N3/c1-4-15-49(16-5-1)67(50-17-6-2-7-18-50)59-25-13-12-22-53(59)54-34-31-47(41-60(54)67)46-33-36-63-58(40-46)57-39-45(32-35-62(57)70(63)51-19-8-3-9-20-51)43-27-28-44-38-48(30-29-42(44)37-43)66-68-61-26-14-24-55-52-21-10-11-23-56(52)65(69-66)64(55)61/h1-41H. The molecule has 3 heteroatoms. The average Bonchev–Trinajstić information content (AvgIpc) is 4.05. The van der Waals surface area contributed by atoms with Crippen molar-refractivity contribution in [3.05, 3.63) is 271 Å². The van der Waals surface area contributed by atoms with Gasteiger partial charge in [-0.1, -0.05) is 188 Å². The molecule has 0 unspecified atom stereocenters. The quantitative estimate of drug-likeness (QED) is 0.167. The first-order valence-electron chi connectivity index (χ1n) is 24.1. The van der Waals surface area contributed by atoms with Crippen molar-refractivity contribution in [2.45, 2.75) is 5.41 Å². The maximum absolute atomic E-state index is 5.20. The van der Waals surface area contributed by atoms with Gasteiger partial charge in [-0.2, -0.15) is 0 Å². The van der Waals surface area contributed by atoms with E-state index in [4.69, 9.17) is 9.97 Å². The molecule has 0 amide bonds. The van der Waals surface area contributed by atoms with E-state index in [1.807, 2.05) is 0 Å². The van der Waals surface area contributed by atoms with Gasteiger partial charge >= 0.3 is 0 Å². The Morgan fingerprint density at radius 1 is 0.329 bits per heavy atom. The molecule has 3 nitrogen and oxygen atoms in total. The second kappa shape index (κ2) is 14.9. The summed E-state index contributed by atoms with van der Waals surface area (Å²) in [5.74, 6) is 0.749. The summed E-state index contributed by atoms with van der Waals surface area (Å²) in [6.45, 7) is 0. The van der Waals surface area contributed by atoms with Gasteiger partial charge in [0.05, 0.1) is 27.7 Å². The van der Waals surface area contributed by atoms with Crippen molar-refractivity contribution in [1.82, 2.24) is 14.5 Å². The highest BCUT2D eigenvalue weighted by atomic mass is 15.0. The number of nitrogens with zero attached hydrogens (tertiary/aromatic N) is 3. The SMILES string of the molecule is c1ccc(-n2c3ccc(-c4ccc5c(c4)C(c4ccccc4)(c4ccccc4)c4ccccc4-5)cc3c3cc(-c4ccc5cc(-c6nc7c8c(cccc8n6)-c6ccccc6-7)ccc5c4)ccc32)cc1. The number of benzene rings is 11. The van der Waals surface area contributed by atoms with Crippen LogP contribution in [0.2, 0.25) is 0 Å². The van der Waals surface area contributed by atoms with Crippen LogP contribution in [0, 0.1) is 0 Å². The van der Waals surface area contributed by atoms with Crippen LogP contribution in [-0.2, 0) is 5.41 Å². The van der Waals surface area contributed by atoms with Gasteiger partial charge in [0.15, 0.2) is 5.82 Å². The van der Waals surface area contributed by atoms with Gasteiger partial charge in [-0.25, -0.2) is 9.97 Å². The highest BCUT2D eigenvalue weighted by Crippen LogP contribution is 2.57. The Morgan fingerprint density at radius 2 is 0.843 bits per heavy atom. The Balaban J connectivity index is 0.859. The van der Waals surface area contributed by atoms with E-state index in [-0.39, 0.29) is 0 Å². The largest absolute Gasteiger partial charge is 0.309 e. The fraction of sp³-hybridized carbons (Fsp3) is 0.0149. The van der Waals surface area contributed by atoms with Gasteiger partial charge in [0.1, 0.15) is 0 Å². The van der Waals surface area contributed by atoms with E-state index in [9.17, 15) is 0 Å². The third-order valence-electron chi connectivity index (χ3n) is 15.2. The lowest BCUT2D eigenvalue weighted by atomic mass is 9.67. The molecule has 0 fully saturated rings. The molecule has 0 bridgehead atoms. The molecule has 2 aliphatic rings. The molecule has 2 aliphatic carbocycles. The van der Waals surface area contributed by atoms with Crippen LogP contribution >= 0.6 is 0 Å². The zero-order valence-electron chi connectivity index (χ0n) is 38.0. The molecule has 0 radical (unpaired) electrons. The lowest BCUT2D eigenvalue weighted by Crippen LogP contribution is -2.28. The summed E-state index contributed by atoms with van der Waals surface area (Å²) in [7, 11) is 0. The predicted molar refractivity (Wildman–Crippen MR) is 289 cm³/mol. The normalized spacial score (nSPS) is 13.0. The van der Waals surface area contributed by atoms with Crippen molar-refractivity contribution in [3.63, 3.8) is 0 Å². The van der Waals surface area contributed by atoms with Crippen molar-refractivity contribution in [3.8, 4) is 72.8 Å². The maximum atomic E-state index is 5.20. The molecule has 324 valence electrons. The van der Waals surface area contributed by atoms with E-state index in [2.05, 4.69) is 253 Å². The fourth-order valence-corrected chi connectivity index (χ4v) is 12.1. The smallest absolute Gasteiger partial charge is 0.160 e. The van der Waals surface area contributed by atoms with Crippen LogP contribution in [0.4, 0.5) is 0 Å². The summed E-state index contributed by atoms with van der Waals surface area (Å²) in [4.78, 5) is 10.3. The first-order valence-corrected chi connectivity index (χ1v) is 24.1. The van der Waals surface area contributed by atoms with Gasteiger partial charge in [0, 0.05) is 33.0 Å². The predicted octanol–water partition coefficient (Wildman–Crippen LogP) is 16.9. The van der Waals surface area contributed by atoms with Crippen LogP contribution < -0.4 is 0 Å². The molecule has 15 rings (SSSR count). The summed E-state index contributed by atoms with van der Waals surface area (Å²) in [6.07, 6.45) is 0. The highest BCUT2D eigenvalue weighted by molar-refractivity contribution is 6.14. The van der Waals surface area contributed by atoms with E-state index in [0.29, 0.717) is 0 Å². The summed E-state index contributed by atoms with van der Waals surface area (Å²) in [5, 5.41) is 5.91. The summed E-state index contributed by atoms with van der Waals surface area (Å²) < 4.78 is 2.41. The van der Waals surface area contributed by atoms with Crippen LogP contribution in [0.25, 0.3) is 116 Å². The first kappa shape index (κ1) is 38.9. The van der Waals surface area contributed by atoms with Gasteiger partial charge in [0.2, 0.25) is 0 Å². The van der Waals surface area contributed by atoms with Gasteiger partial charge in [-0.15, -0.1) is 0 Å². The molecule has 11 aromatic carbocycles. The van der Waals surface area contributed by atoms with E-state index >= 15 is 0 Å². The van der Waals surface area contributed by atoms with Crippen molar-refractivity contribution in [2.75, 3.05) is 0 Å².